The molecule has 0 spiro atoms. The molecule has 2 saturated carbocycles. The minimum absolute atomic E-state index is 0.0407. The Labute approximate surface area is 117 Å². The van der Waals surface area contributed by atoms with E-state index in [1.807, 2.05) is 0 Å². The molecule has 1 amide bonds. The van der Waals surface area contributed by atoms with Crippen LogP contribution < -0.4 is 5.32 Å². The maximum atomic E-state index is 12.8. The molecule has 1 aromatic carbocycles. The lowest BCUT2D eigenvalue weighted by Crippen LogP contribution is -2.40. The maximum Gasteiger partial charge on any atom is 0.227 e. The Balaban J connectivity index is 1.66. The fourth-order valence-electron chi connectivity index (χ4n) is 3.47. The van der Waals surface area contributed by atoms with Gasteiger partial charge in [0.1, 0.15) is 11.6 Å². The fraction of sp³-hybridized carbons (Fsp3) is 0.500. The number of fused-ring (bicyclic) bond motifs is 2. The normalized spacial score (nSPS) is 29.1. The van der Waals surface area contributed by atoms with Crippen molar-refractivity contribution in [1.29, 1.82) is 0 Å². The number of amides is 1. The first kappa shape index (κ1) is 13.3. The molecule has 0 saturated heterocycles. The highest BCUT2D eigenvalue weighted by molar-refractivity contribution is 5.95. The highest BCUT2D eigenvalue weighted by Gasteiger charge is 2.41. The Morgan fingerprint density at radius 3 is 2.30 bits per heavy atom. The Bertz CT molecular complexity index is 510. The minimum atomic E-state index is -0.319. The van der Waals surface area contributed by atoms with Gasteiger partial charge in [0.15, 0.2) is 0 Å². The van der Waals surface area contributed by atoms with E-state index in [1.165, 1.54) is 12.1 Å². The minimum Gasteiger partial charge on any atom is -0.326 e. The maximum absolute atomic E-state index is 12.8. The van der Waals surface area contributed by atoms with E-state index in [-0.39, 0.29) is 29.5 Å². The number of halogens is 1. The molecule has 2 bridgehead atoms. The largest absolute Gasteiger partial charge is 0.326 e. The molecule has 0 radical (unpaired) electrons. The molecule has 0 aliphatic heterocycles. The van der Waals surface area contributed by atoms with Crippen LogP contribution in [0.25, 0.3) is 0 Å². The summed E-state index contributed by atoms with van der Waals surface area (Å²) in [5.41, 5.74) is 0.610. The summed E-state index contributed by atoms with van der Waals surface area (Å²) in [6, 6.07) is 5.77. The molecule has 0 aromatic heterocycles. The lowest BCUT2D eigenvalue weighted by atomic mass is 9.67. The van der Waals surface area contributed by atoms with Gasteiger partial charge in [-0.15, -0.1) is 0 Å². The number of anilines is 1. The monoisotopic (exact) mass is 275 g/mol. The van der Waals surface area contributed by atoms with E-state index in [9.17, 15) is 14.0 Å². The average Bonchev–Trinajstić information content (AvgIpc) is 2.41. The predicted molar refractivity (Wildman–Crippen MR) is 73.6 cm³/mol. The van der Waals surface area contributed by atoms with Gasteiger partial charge < -0.3 is 5.32 Å². The molecule has 3 nitrogen and oxygen atoms in total. The highest BCUT2D eigenvalue weighted by atomic mass is 19.1. The van der Waals surface area contributed by atoms with Gasteiger partial charge in [0.25, 0.3) is 0 Å². The van der Waals surface area contributed by atoms with Crippen LogP contribution in [0.4, 0.5) is 10.1 Å². The standard InChI is InChI=1S/C16H18FNO2/c17-13-4-6-14(7-5-13)18-16(20)12-8-10-2-1-3-11(9-12)15(10)19/h4-7,10-12H,1-3,8-9H2,(H,18,20)/t10-,11-/m1/s1. The van der Waals surface area contributed by atoms with Gasteiger partial charge in [-0.1, -0.05) is 6.42 Å². The third-order valence-corrected chi connectivity index (χ3v) is 4.53. The summed E-state index contributed by atoms with van der Waals surface area (Å²) in [6.07, 6.45) is 4.30. The van der Waals surface area contributed by atoms with Crippen LogP contribution in [-0.4, -0.2) is 11.7 Å². The van der Waals surface area contributed by atoms with E-state index in [2.05, 4.69) is 5.32 Å². The Morgan fingerprint density at radius 2 is 1.70 bits per heavy atom. The molecule has 1 N–H and O–H groups in total. The van der Waals surface area contributed by atoms with Crippen LogP contribution in [0.5, 0.6) is 0 Å². The lowest BCUT2D eigenvalue weighted by Gasteiger charge is -2.36. The van der Waals surface area contributed by atoms with Crippen molar-refractivity contribution in [3.63, 3.8) is 0 Å². The third kappa shape index (κ3) is 2.60. The number of carbonyl (C=O) groups is 2. The van der Waals surface area contributed by atoms with E-state index in [0.717, 1.165) is 19.3 Å². The van der Waals surface area contributed by atoms with E-state index in [0.29, 0.717) is 24.3 Å². The van der Waals surface area contributed by atoms with Gasteiger partial charge in [-0.3, -0.25) is 9.59 Å². The second-order valence-corrected chi connectivity index (χ2v) is 5.89. The Kier molecular flexibility index (Phi) is 3.55. The zero-order valence-corrected chi connectivity index (χ0v) is 11.3. The number of nitrogens with one attached hydrogen (secondary N) is 1. The Hall–Kier alpha value is -1.71. The number of benzene rings is 1. The molecule has 20 heavy (non-hydrogen) atoms. The molecule has 4 heteroatoms. The third-order valence-electron chi connectivity index (χ3n) is 4.53. The first-order valence-corrected chi connectivity index (χ1v) is 7.23. The van der Waals surface area contributed by atoms with Crippen molar-refractivity contribution in [2.45, 2.75) is 32.1 Å². The van der Waals surface area contributed by atoms with Gasteiger partial charge in [-0.25, -0.2) is 4.39 Å². The molecule has 0 unspecified atom stereocenters. The number of Topliss-reactive ketones (excluding diaryl/α,β-unsaturated/α-hetero) is 1. The zero-order chi connectivity index (χ0) is 14.1. The van der Waals surface area contributed by atoms with Crippen LogP contribution in [0.2, 0.25) is 0 Å². The summed E-state index contributed by atoms with van der Waals surface area (Å²) in [6.45, 7) is 0. The molecule has 0 heterocycles. The van der Waals surface area contributed by atoms with E-state index in [4.69, 9.17) is 0 Å². The summed E-state index contributed by atoms with van der Waals surface area (Å²) in [7, 11) is 0. The number of ketones is 1. The van der Waals surface area contributed by atoms with Crippen LogP contribution >= 0.6 is 0 Å². The second-order valence-electron chi connectivity index (χ2n) is 5.89. The molecule has 106 valence electrons. The smallest absolute Gasteiger partial charge is 0.227 e. The van der Waals surface area contributed by atoms with Crippen molar-refractivity contribution in [3.05, 3.63) is 30.1 Å². The zero-order valence-electron chi connectivity index (χ0n) is 11.3. The summed E-state index contributed by atoms with van der Waals surface area (Å²) >= 11 is 0. The number of hydrogen-bond donors (Lipinski definition) is 1. The fourth-order valence-corrected chi connectivity index (χ4v) is 3.47. The lowest BCUT2D eigenvalue weighted by molar-refractivity contribution is -0.136. The van der Waals surface area contributed by atoms with Crippen molar-refractivity contribution >= 4 is 17.4 Å². The summed E-state index contributed by atoms with van der Waals surface area (Å²) in [5.74, 6) is 0.0647. The van der Waals surface area contributed by atoms with Crippen molar-refractivity contribution < 1.29 is 14.0 Å². The first-order valence-electron chi connectivity index (χ1n) is 7.23. The molecular weight excluding hydrogens is 257 g/mol. The predicted octanol–water partition coefficient (Wildman–Crippen LogP) is 3.16. The van der Waals surface area contributed by atoms with Gasteiger partial charge >= 0.3 is 0 Å². The summed E-state index contributed by atoms with van der Waals surface area (Å²) < 4.78 is 12.8. The summed E-state index contributed by atoms with van der Waals surface area (Å²) in [5, 5.41) is 2.83. The van der Waals surface area contributed by atoms with Crippen molar-refractivity contribution in [2.75, 3.05) is 5.32 Å². The van der Waals surface area contributed by atoms with Crippen molar-refractivity contribution in [1.82, 2.24) is 0 Å². The number of carbonyl (C=O) groups excluding carboxylic acids is 2. The second kappa shape index (κ2) is 5.35. The van der Waals surface area contributed by atoms with Crippen LogP contribution in [0.3, 0.4) is 0 Å². The molecule has 2 fully saturated rings. The number of hydrogen-bond acceptors (Lipinski definition) is 2. The molecule has 3 rings (SSSR count). The van der Waals surface area contributed by atoms with Gasteiger partial charge in [0, 0.05) is 23.4 Å². The number of rotatable bonds is 2. The van der Waals surface area contributed by atoms with Crippen LogP contribution in [0.15, 0.2) is 24.3 Å². The molecule has 1 aromatic rings. The molecule has 2 atom stereocenters. The van der Waals surface area contributed by atoms with Crippen LogP contribution in [0.1, 0.15) is 32.1 Å². The SMILES string of the molecule is O=C(Nc1ccc(F)cc1)C1C[C@H]2CCC[C@H](C1)C2=O. The van der Waals surface area contributed by atoms with Gasteiger partial charge in [-0.05, 0) is 49.9 Å². The summed E-state index contributed by atoms with van der Waals surface area (Å²) in [4.78, 5) is 24.3. The molecule has 2 aliphatic rings. The van der Waals surface area contributed by atoms with Crippen LogP contribution in [0, 0.1) is 23.6 Å². The van der Waals surface area contributed by atoms with E-state index < -0.39 is 0 Å². The van der Waals surface area contributed by atoms with Gasteiger partial charge in [0.05, 0.1) is 0 Å². The topological polar surface area (TPSA) is 46.2 Å². The average molecular weight is 275 g/mol. The van der Waals surface area contributed by atoms with Crippen molar-refractivity contribution in [3.8, 4) is 0 Å². The molecular formula is C16H18FNO2. The Morgan fingerprint density at radius 1 is 1.10 bits per heavy atom. The van der Waals surface area contributed by atoms with E-state index >= 15 is 0 Å². The highest BCUT2D eigenvalue weighted by Crippen LogP contribution is 2.40. The van der Waals surface area contributed by atoms with Gasteiger partial charge in [-0.2, -0.15) is 0 Å². The van der Waals surface area contributed by atoms with E-state index in [1.54, 1.807) is 12.1 Å². The first-order chi connectivity index (χ1) is 9.63. The molecule has 2 aliphatic carbocycles. The van der Waals surface area contributed by atoms with Crippen LogP contribution in [-0.2, 0) is 9.59 Å². The van der Waals surface area contributed by atoms with Crippen molar-refractivity contribution in [2.24, 2.45) is 17.8 Å². The quantitative estimate of drug-likeness (QED) is 0.901. The van der Waals surface area contributed by atoms with Gasteiger partial charge in [0.2, 0.25) is 5.91 Å².